The molecule has 5 aliphatic rings. The van der Waals surface area contributed by atoms with Crippen molar-refractivity contribution in [2.75, 3.05) is 6.54 Å². The van der Waals surface area contributed by atoms with E-state index in [1.807, 2.05) is 18.8 Å². The molecule has 194 valence electrons. The highest BCUT2D eigenvalue weighted by molar-refractivity contribution is 8.03. The minimum Gasteiger partial charge on any atom is -0.472 e. The van der Waals surface area contributed by atoms with Gasteiger partial charge in [-0.3, -0.25) is 9.80 Å². The van der Waals surface area contributed by atoms with E-state index in [4.69, 9.17) is 8.83 Å². The van der Waals surface area contributed by atoms with Crippen LogP contribution in [-0.2, 0) is 0 Å². The maximum absolute atomic E-state index is 12.1. The molecule has 0 bridgehead atoms. The highest BCUT2D eigenvalue weighted by Gasteiger charge is 2.50. The third-order valence-electron chi connectivity index (χ3n) is 10.4. The van der Waals surface area contributed by atoms with Gasteiger partial charge in [0.25, 0.3) is 0 Å². The Bertz CT molecular complexity index is 1080. The molecule has 0 amide bonds. The average molecular weight is 509 g/mol. The molecule has 2 aromatic heterocycles. The molecule has 9 atom stereocenters. The summed E-state index contributed by atoms with van der Waals surface area (Å²) < 4.78 is 11.0. The van der Waals surface area contributed by atoms with Crippen LogP contribution in [0.3, 0.4) is 0 Å². The largest absolute Gasteiger partial charge is 0.472 e. The minimum atomic E-state index is -0.394. The highest BCUT2D eigenvalue weighted by Crippen LogP contribution is 2.54. The smallest absolute Gasteiger partial charge is 0.112 e. The summed E-state index contributed by atoms with van der Waals surface area (Å²) in [4.78, 5) is 6.95. The van der Waals surface area contributed by atoms with Crippen molar-refractivity contribution in [2.24, 2.45) is 17.8 Å². The zero-order valence-corrected chi connectivity index (χ0v) is 22.4. The zero-order chi connectivity index (χ0) is 24.4. The highest BCUT2D eigenvalue weighted by atomic mass is 32.2. The number of piperidine rings is 2. The van der Waals surface area contributed by atoms with Crippen LogP contribution >= 0.6 is 11.8 Å². The van der Waals surface area contributed by atoms with Gasteiger partial charge in [-0.15, -0.1) is 11.8 Å². The van der Waals surface area contributed by atoms with Crippen molar-refractivity contribution < 1.29 is 13.9 Å². The van der Waals surface area contributed by atoms with Gasteiger partial charge in [0.1, 0.15) is 6.23 Å². The van der Waals surface area contributed by atoms with Gasteiger partial charge in [0.05, 0.1) is 25.1 Å². The number of aliphatic hydroxyl groups excluding tert-OH is 1. The van der Waals surface area contributed by atoms with E-state index in [0.29, 0.717) is 35.2 Å². The van der Waals surface area contributed by atoms with Crippen LogP contribution in [0.25, 0.3) is 0 Å². The summed E-state index contributed by atoms with van der Waals surface area (Å²) in [6.45, 7) is 5.90. The van der Waals surface area contributed by atoms with Crippen LogP contribution in [0.15, 0.2) is 56.5 Å². The number of nitrogens with zero attached hydrogens (tertiary/aromatic N) is 2. The number of furan rings is 2. The Balaban J connectivity index is 1.18. The van der Waals surface area contributed by atoms with Gasteiger partial charge in [-0.05, 0) is 85.8 Å². The van der Waals surface area contributed by atoms with E-state index in [-0.39, 0.29) is 6.04 Å². The van der Waals surface area contributed by atoms with Crippen LogP contribution in [0.2, 0.25) is 0 Å². The first kappa shape index (κ1) is 23.6. The molecule has 1 N–H and O–H groups in total. The number of fused-ring (bicyclic) bond motifs is 3. The SMILES string of the molecule is C[C@@H]1CC[C@@H](c2ccoc2)N2CC3=C(C[C@@H]12)S[C@H]1CC[C@H]2[C@H](C)CC[C@@H](c4ccoc4)N2[C@H](O)[C@@H]1C3. The van der Waals surface area contributed by atoms with Gasteiger partial charge >= 0.3 is 0 Å². The maximum atomic E-state index is 12.1. The second kappa shape index (κ2) is 9.37. The quantitative estimate of drug-likeness (QED) is 0.484. The van der Waals surface area contributed by atoms with Gasteiger partial charge in [0.2, 0.25) is 0 Å². The Kier molecular flexibility index (Phi) is 6.15. The lowest BCUT2D eigenvalue weighted by molar-refractivity contribution is -0.111. The van der Waals surface area contributed by atoms with Crippen LogP contribution in [0.4, 0.5) is 0 Å². The molecule has 2 aromatic rings. The molecule has 0 aromatic carbocycles. The van der Waals surface area contributed by atoms with Gasteiger partial charge in [0, 0.05) is 53.0 Å². The fourth-order valence-corrected chi connectivity index (χ4v) is 9.99. The lowest BCUT2D eigenvalue weighted by Crippen LogP contribution is -2.54. The van der Waals surface area contributed by atoms with Gasteiger partial charge < -0.3 is 13.9 Å². The van der Waals surface area contributed by atoms with E-state index >= 15 is 0 Å². The standard InChI is InChI=1S/C30H40N2O3S/c1-18-4-6-26(21-10-12-35-17-21)32-24(18)7-8-28-23(30(32)33)13-22-15-31-25(20-9-11-34-16-20)5-3-19(2)27(31)14-29(22)36-28/h9-12,16-19,23-28,30,33H,3-8,13-15H2,1-2H3/t18-,19-,23-,24+,25+,26+,27+,28+,30-/m1/s1. The van der Waals surface area contributed by atoms with Crippen LogP contribution in [-0.4, -0.2) is 45.0 Å². The van der Waals surface area contributed by atoms with E-state index < -0.39 is 6.23 Å². The van der Waals surface area contributed by atoms with Gasteiger partial charge in [-0.1, -0.05) is 13.8 Å². The normalized spacial score (nSPS) is 41.7. The number of rotatable bonds is 2. The second-order valence-electron chi connectivity index (χ2n) is 12.3. The molecule has 3 fully saturated rings. The van der Waals surface area contributed by atoms with Crippen molar-refractivity contribution >= 4 is 11.8 Å². The first-order valence-corrected chi connectivity index (χ1v) is 15.1. The third-order valence-corrected chi connectivity index (χ3v) is 12.0. The maximum Gasteiger partial charge on any atom is 0.112 e. The van der Waals surface area contributed by atoms with E-state index in [2.05, 4.69) is 47.5 Å². The van der Waals surface area contributed by atoms with Crippen molar-refractivity contribution in [3.8, 4) is 0 Å². The molecule has 7 rings (SSSR count). The Hall–Kier alpha value is -1.47. The van der Waals surface area contributed by atoms with Gasteiger partial charge in [-0.25, -0.2) is 0 Å². The average Bonchev–Trinajstić information content (AvgIpc) is 3.59. The third kappa shape index (κ3) is 3.86. The summed E-state index contributed by atoms with van der Waals surface area (Å²) in [5, 5.41) is 12.6. The molecule has 0 radical (unpaired) electrons. The Morgan fingerprint density at radius 3 is 2.25 bits per heavy atom. The van der Waals surface area contributed by atoms with E-state index in [9.17, 15) is 5.11 Å². The molecule has 5 aliphatic heterocycles. The molecule has 0 aliphatic carbocycles. The predicted octanol–water partition coefficient (Wildman–Crippen LogP) is 6.75. The number of thioether (sulfide) groups is 1. The predicted molar refractivity (Wildman–Crippen MR) is 142 cm³/mol. The minimum absolute atomic E-state index is 0.267. The molecule has 0 spiro atoms. The monoisotopic (exact) mass is 508 g/mol. The summed E-state index contributed by atoms with van der Waals surface area (Å²) in [5.74, 6) is 1.65. The van der Waals surface area contributed by atoms with E-state index in [0.717, 1.165) is 25.3 Å². The first-order chi connectivity index (χ1) is 17.6. The summed E-state index contributed by atoms with van der Waals surface area (Å²) in [6.07, 6.45) is 16.5. The zero-order valence-electron chi connectivity index (χ0n) is 21.6. The molecule has 0 unspecified atom stereocenters. The van der Waals surface area contributed by atoms with Crippen LogP contribution < -0.4 is 0 Å². The van der Waals surface area contributed by atoms with Gasteiger partial charge in [0.15, 0.2) is 0 Å². The van der Waals surface area contributed by atoms with Crippen LogP contribution in [0.1, 0.15) is 88.4 Å². The van der Waals surface area contributed by atoms with Crippen molar-refractivity contribution in [1.29, 1.82) is 0 Å². The summed E-state index contributed by atoms with van der Waals surface area (Å²) in [6, 6.07) is 6.07. The van der Waals surface area contributed by atoms with E-state index in [1.54, 1.807) is 16.7 Å². The molecular formula is C30H40N2O3S. The topological polar surface area (TPSA) is 53.0 Å². The number of aliphatic hydroxyl groups is 1. The summed E-state index contributed by atoms with van der Waals surface area (Å²) in [5.41, 5.74) is 4.17. The number of hydrogen-bond donors (Lipinski definition) is 1. The number of hydrogen-bond acceptors (Lipinski definition) is 6. The molecule has 36 heavy (non-hydrogen) atoms. The Morgan fingerprint density at radius 1 is 0.833 bits per heavy atom. The Labute approximate surface area is 219 Å². The fraction of sp³-hybridized carbons (Fsp3) is 0.667. The second-order valence-corrected chi connectivity index (χ2v) is 13.6. The lowest BCUT2D eigenvalue weighted by Gasteiger charge is -2.52. The molecule has 3 saturated heterocycles. The van der Waals surface area contributed by atoms with Gasteiger partial charge in [-0.2, -0.15) is 0 Å². The Morgan fingerprint density at radius 2 is 1.53 bits per heavy atom. The lowest BCUT2D eigenvalue weighted by atomic mass is 9.79. The summed E-state index contributed by atoms with van der Waals surface area (Å²) >= 11 is 2.15. The van der Waals surface area contributed by atoms with Crippen LogP contribution in [0, 0.1) is 17.8 Å². The first-order valence-electron chi connectivity index (χ1n) is 14.2. The molecule has 0 saturated carbocycles. The fourth-order valence-electron chi connectivity index (χ4n) is 8.38. The summed E-state index contributed by atoms with van der Waals surface area (Å²) in [7, 11) is 0. The van der Waals surface area contributed by atoms with Crippen molar-refractivity contribution in [3.63, 3.8) is 0 Å². The van der Waals surface area contributed by atoms with Crippen molar-refractivity contribution in [2.45, 2.75) is 101 Å². The van der Waals surface area contributed by atoms with Crippen molar-refractivity contribution in [3.05, 3.63) is 58.8 Å². The van der Waals surface area contributed by atoms with E-state index in [1.165, 1.54) is 49.7 Å². The molecule has 7 heterocycles. The van der Waals surface area contributed by atoms with Crippen molar-refractivity contribution in [1.82, 2.24) is 9.80 Å². The molecule has 6 heteroatoms. The molecular weight excluding hydrogens is 468 g/mol. The molecule has 5 nitrogen and oxygen atoms in total. The van der Waals surface area contributed by atoms with Crippen LogP contribution in [0.5, 0.6) is 0 Å².